The molecule has 1 heterocycles. The Morgan fingerprint density at radius 3 is 2.67 bits per heavy atom. The topological polar surface area (TPSA) is 74.8 Å². The summed E-state index contributed by atoms with van der Waals surface area (Å²) < 4.78 is 0. The van der Waals surface area contributed by atoms with Gasteiger partial charge in [-0.1, -0.05) is 13.8 Å². The molecule has 0 fully saturated rings. The van der Waals surface area contributed by atoms with Crippen LogP contribution in [-0.4, -0.2) is 21.9 Å². The summed E-state index contributed by atoms with van der Waals surface area (Å²) in [5.41, 5.74) is 0.952. The van der Waals surface area contributed by atoms with Gasteiger partial charge in [-0.15, -0.1) is 0 Å². The van der Waals surface area contributed by atoms with Crippen LogP contribution >= 0.6 is 0 Å². The van der Waals surface area contributed by atoms with E-state index in [0.717, 1.165) is 5.69 Å². The number of H-pyrrole nitrogens is 1. The number of aromatic amines is 1. The predicted molar refractivity (Wildman–Crippen MR) is 56.6 cm³/mol. The lowest BCUT2D eigenvalue weighted by atomic mass is 10.1. The summed E-state index contributed by atoms with van der Waals surface area (Å²) in [5.74, 6) is 0.303. The molecule has 0 saturated heterocycles. The number of nitrogens with zero attached hydrogens (tertiary/aromatic N) is 1. The average Bonchev–Trinajstić information content (AvgIpc) is 2.50. The molecule has 15 heavy (non-hydrogen) atoms. The van der Waals surface area contributed by atoms with Crippen LogP contribution < -0.4 is 5.32 Å². The zero-order valence-corrected chi connectivity index (χ0v) is 9.13. The van der Waals surface area contributed by atoms with Crippen LogP contribution in [-0.2, 0) is 9.59 Å². The first-order chi connectivity index (χ1) is 6.99. The van der Waals surface area contributed by atoms with Crippen molar-refractivity contribution in [1.29, 1.82) is 0 Å². The first-order valence-electron chi connectivity index (χ1n) is 4.83. The van der Waals surface area contributed by atoms with Gasteiger partial charge in [0.25, 0.3) is 0 Å². The van der Waals surface area contributed by atoms with E-state index in [0.29, 0.717) is 11.7 Å². The van der Waals surface area contributed by atoms with Crippen LogP contribution in [0.3, 0.4) is 0 Å². The van der Waals surface area contributed by atoms with Gasteiger partial charge in [0.05, 0.1) is 6.42 Å². The first kappa shape index (κ1) is 11.4. The minimum atomic E-state index is -0.329. The van der Waals surface area contributed by atoms with Crippen molar-refractivity contribution in [2.45, 2.75) is 33.1 Å². The van der Waals surface area contributed by atoms with Crippen molar-refractivity contribution < 1.29 is 9.59 Å². The van der Waals surface area contributed by atoms with Crippen LogP contribution in [0.25, 0.3) is 0 Å². The highest BCUT2D eigenvalue weighted by atomic mass is 16.2. The van der Waals surface area contributed by atoms with Crippen molar-refractivity contribution in [2.75, 3.05) is 5.32 Å². The number of rotatable bonds is 4. The van der Waals surface area contributed by atoms with Crippen molar-refractivity contribution in [1.82, 2.24) is 10.2 Å². The SMILES string of the molecule is CC(=O)CC(=O)Nc1cc(C(C)C)[nH]n1. The van der Waals surface area contributed by atoms with E-state index in [-0.39, 0.29) is 18.1 Å². The fourth-order valence-electron chi connectivity index (χ4n) is 1.11. The zero-order valence-electron chi connectivity index (χ0n) is 9.13. The van der Waals surface area contributed by atoms with Crippen molar-refractivity contribution in [2.24, 2.45) is 0 Å². The monoisotopic (exact) mass is 209 g/mol. The molecule has 0 aliphatic carbocycles. The second-order valence-electron chi connectivity index (χ2n) is 3.79. The van der Waals surface area contributed by atoms with Gasteiger partial charge in [0.15, 0.2) is 5.82 Å². The number of anilines is 1. The Balaban J connectivity index is 2.57. The summed E-state index contributed by atoms with van der Waals surface area (Å²) >= 11 is 0. The molecule has 1 aromatic heterocycles. The van der Waals surface area contributed by atoms with Crippen molar-refractivity contribution in [3.63, 3.8) is 0 Å². The second kappa shape index (κ2) is 4.72. The van der Waals surface area contributed by atoms with Crippen LogP contribution in [0.2, 0.25) is 0 Å². The average molecular weight is 209 g/mol. The van der Waals surface area contributed by atoms with Gasteiger partial charge in [-0.25, -0.2) is 0 Å². The summed E-state index contributed by atoms with van der Waals surface area (Å²) in [6.07, 6.45) is -0.107. The third-order valence-corrected chi connectivity index (χ3v) is 1.90. The summed E-state index contributed by atoms with van der Waals surface area (Å²) in [4.78, 5) is 21.9. The Bertz CT molecular complexity index is 368. The molecule has 0 bridgehead atoms. The highest BCUT2D eigenvalue weighted by Crippen LogP contribution is 2.14. The molecule has 0 aliphatic heterocycles. The minimum Gasteiger partial charge on any atom is -0.309 e. The summed E-state index contributed by atoms with van der Waals surface area (Å²) in [5, 5.41) is 9.28. The summed E-state index contributed by atoms with van der Waals surface area (Å²) in [7, 11) is 0. The number of nitrogens with one attached hydrogen (secondary N) is 2. The van der Waals surface area contributed by atoms with Gasteiger partial charge in [-0.2, -0.15) is 5.10 Å². The maximum Gasteiger partial charge on any atom is 0.233 e. The standard InChI is InChI=1S/C10H15N3O2/c1-6(2)8-5-9(13-12-8)11-10(15)4-7(3)14/h5-6H,4H2,1-3H3,(H2,11,12,13,15). The summed E-state index contributed by atoms with van der Waals surface area (Å²) in [6, 6.07) is 1.77. The highest BCUT2D eigenvalue weighted by Gasteiger charge is 2.09. The van der Waals surface area contributed by atoms with Crippen molar-refractivity contribution >= 4 is 17.5 Å². The molecule has 1 rings (SSSR count). The molecule has 5 nitrogen and oxygen atoms in total. The van der Waals surface area contributed by atoms with Crippen LogP contribution in [0.1, 0.15) is 38.8 Å². The fraction of sp³-hybridized carbons (Fsp3) is 0.500. The lowest BCUT2D eigenvalue weighted by Gasteiger charge is -1.98. The van der Waals surface area contributed by atoms with Crippen molar-refractivity contribution in [3.8, 4) is 0 Å². The Hall–Kier alpha value is -1.65. The number of carbonyl (C=O) groups is 2. The Morgan fingerprint density at radius 2 is 2.20 bits per heavy atom. The van der Waals surface area contributed by atoms with Crippen LogP contribution in [0.5, 0.6) is 0 Å². The zero-order chi connectivity index (χ0) is 11.4. The molecule has 0 aliphatic rings. The van der Waals surface area contributed by atoms with E-state index in [1.807, 2.05) is 13.8 Å². The van der Waals surface area contributed by atoms with Crippen LogP contribution in [0.4, 0.5) is 5.82 Å². The van der Waals surface area contributed by atoms with Gasteiger partial charge in [0.1, 0.15) is 5.78 Å². The predicted octanol–water partition coefficient (Wildman–Crippen LogP) is 1.45. The van der Waals surface area contributed by atoms with Gasteiger partial charge in [-0.05, 0) is 12.8 Å². The number of Topliss-reactive ketones (excluding diaryl/α,β-unsaturated/α-hetero) is 1. The molecule has 2 N–H and O–H groups in total. The van der Waals surface area contributed by atoms with Crippen LogP contribution in [0.15, 0.2) is 6.07 Å². The second-order valence-corrected chi connectivity index (χ2v) is 3.79. The normalized spacial score (nSPS) is 10.4. The van der Waals surface area contributed by atoms with Gasteiger partial charge in [-0.3, -0.25) is 14.7 Å². The Labute approximate surface area is 88.3 Å². The lowest BCUT2D eigenvalue weighted by molar-refractivity contribution is -0.124. The van der Waals surface area contributed by atoms with E-state index in [4.69, 9.17) is 0 Å². The largest absolute Gasteiger partial charge is 0.309 e. The third-order valence-electron chi connectivity index (χ3n) is 1.90. The molecular formula is C10H15N3O2. The minimum absolute atomic E-state index is 0.107. The maximum absolute atomic E-state index is 11.2. The molecule has 1 amide bonds. The molecule has 0 spiro atoms. The first-order valence-corrected chi connectivity index (χ1v) is 4.83. The third kappa shape index (κ3) is 3.53. The fourth-order valence-corrected chi connectivity index (χ4v) is 1.11. The molecule has 0 unspecified atom stereocenters. The molecule has 82 valence electrons. The van der Waals surface area contributed by atoms with Gasteiger partial charge >= 0.3 is 0 Å². The van der Waals surface area contributed by atoms with Crippen LogP contribution in [0, 0.1) is 0 Å². The smallest absolute Gasteiger partial charge is 0.233 e. The molecular weight excluding hydrogens is 194 g/mol. The number of amides is 1. The van der Waals surface area contributed by atoms with Gasteiger partial charge in [0.2, 0.25) is 5.91 Å². The highest BCUT2D eigenvalue weighted by molar-refractivity contribution is 6.03. The molecule has 0 radical (unpaired) electrons. The summed E-state index contributed by atoms with van der Waals surface area (Å²) in [6.45, 7) is 5.42. The maximum atomic E-state index is 11.2. The number of aromatic nitrogens is 2. The quantitative estimate of drug-likeness (QED) is 0.737. The lowest BCUT2D eigenvalue weighted by Crippen LogP contribution is -2.14. The number of hydrogen-bond donors (Lipinski definition) is 2. The number of ketones is 1. The number of hydrogen-bond acceptors (Lipinski definition) is 3. The number of carbonyl (C=O) groups excluding carboxylic acids is 2. The molecule has 5 heteroatoms. The van der Waals surface area contributed by atoms with Gasteiger partial charge in [0, 0.05) is 11.8 Å². The van der Waals surface area contributed by atoms with E-state index in [1.54, 1.807) is 6.07 Å². The molecule has 0 aromatic carbocycles. The van der Waals surface area contributed by atoms with Gasteiger partial charge < -0.3 is 5.32 Å². The van der Waals surface area contributed by atoms with E-state index < -0.39 is 0 Å². The molecule has 0 saturated carbocycles. The molecule has 0 atom stereocenters. The van der Waals surface area contributed by atoms with E-state index in [9.17, 15) is 9.59 Å². The van der Waals surface area contributed by atoms with Crippen molar-refractivity contribution in [3.05, 3.63) is 11.8 Å². The molecule has 1 aromatic rings. The van der Waals surface area contributed by atoms with E-state index in [1.165, 1.54) is 6.92 Å². The van der Waals surface area contributed by atoms with E-state index >= 15 is 0 Å². The Kier molecular flexibility index (Phi) is 3.60. The Morgan fingerprint density at radius 1 is 1.53 bits per heavy atom. The van der Waals surface area contributed by atoms with E-state index in [2.05, 4.69) is 15.5 Å².